The third kappa shape index (κ3) is 2.98. The molecule has 0 heterocycles. The van der Waals surface area contributed by atoms with Crippen LogP contribution in [0.2, 0.25) is 25.1 Å². The lowest BCUT2D eigenvalue weighted by Gasteiger charge is -2.10. The maximum Gasteiger partial charge on any atom is 0.348 e. The Morgan fingerprint density at radius 1 is 0.824 bits per heavy atom. The molecule has 0 bridgehead atoms. The third-order valence-corrected chi connectivity index (χ3v) is 3.93. The van der Waals surface area contributed by atoms with Gasteiger partial charge >= 0.3 is 11.9 Å². The van der Waals surface area contributed by atoms with Crippen LogP contribution < -0.4 is 0 Å². The van der Waals surface area contributed by atoms with Crippen LogP contribution in [0, 0.1) is 0 Å². The van der Waals surface area contributed by atoms with Gasteiger partial charge in [0, 0.05) is 6.92 Å². The molecule has 1 rings (SSSR count). The summed E-state index contributed by atoms with van der Waals surface area (Å²) in [6.45, 7) is 1.05. The molecule has 0 radical (unpaired) electrons. The molecule has 17 heavy (non-hydrogen) atoms. The molecule has 0 aliphatic heterocycles. The van der Waals surface area contributed by atoms with Gasteiger partial charge in [-0.3, -0.25) is 4.79 Å². The Bertz CT molecular complexity index is 483. The van der Waals surface area contributed by atoms with Gasteiger partial charge in [-0.1, -0.05) is 58.0 Å². The van der Waals surface area contributed by atoms with Crippen LogP contribution in [0.4, 0.5) is 0 Å². The summed E-state index contributed by atoms with van der Waals surface area (Å²) in [6.07, 6.45) is 0. The highest BCUT2D eigenvalue weighted by molar-refractivity contribution is 6.56. The second-order valence-corrected chi connectivity index (χ2v) is 4.72. The van der Waals surface area contributed by atoms with Crippen molar-refractivity contribution in [2.75, 3.05) is 0 Å². The lowest BCUT2D eigenvalue weighted by atomic mass is 10.2. The summed E-state index contributed by atoms with van der Waals surface area (Å²) in [5, 5.41) is -0.811. The SMILES string of the molecule is CC(=O)OC(=O)c1c(Cl)c(Cl)c(Cl)c(Cl)c1Cl. The van der Waals surface area contributed by atoms with E-state index in [4.69, 9.17) is 58.0 Å². The molecule has 92 valence electrons. The molecule has 0 amide bonds. The minimum Gasteiger partial charge on any atom is -0.390 e. The zero-order valence-electron chi connectivity index (χ0n) is 8.11. The monoisotopic (exact) mass is 334 g/mol. The van der Waals surface area contributed by atoms with E-state index in [2.05, 4.69) is 4.74 Å². The van der Waals surface area contributed by atoms with Gasteiger partial charge in [0.25, 0.3) is 0 Å². The van der Waals surface area contributed by atoms with Gasteiger partial charge in [0.2, 0.25) is 0 Å². The predicted molar refractivity (Wildman–Crippen MR) is 67.6 cm³/mol. The second kappa shape index (κ2) is 5.63. The molecule has 0 aliphatic rings. The van der Waals surface area contributed by atoms with Crippen LogP contribution in [0.25, 0.3) is 0 Å². The first-order chi connectivity index (χ1) is 7.77. The summed E-state index contributed by atoms with van der Waals surface area (Å²) < 4.78 is 4.34. The highest BCUT2D eigenvalue weighted by atomic mass is 35.5. The Hall–Kier alpha value is -0.190. The van der Waals surface area contributed by atoms with E-state index in [-0.39, 0.29) is 30.7 Å². The predicted octanol–water partition coefficient (Wildman–Crippen LogP) is 4.66. The maximum atomic E-state index is 11.5. The Kier molecular flexibility index (Phi) is 4.93. The van der Waals surface area contributed by atoms with Gasteiger partial charge in [0.1, 0.15) is 5.56 Å². The number of carbonyl (C=O) groups is 2. The first kappa shape index (κ1) is 14.9. The molecule has 0 spiro atoms. The van der Waals surface area contributed by atoms with E-state index < -0.39 is 11.9 Å². The van der Waals surface area contributed by atoms with Crippen molar-refractivity contribution in [3.63, 3.8) is 0 Å². The molecule has 0 aromatic heterocycles. The maximum absolute atomic E-state index is 11.5. The molecular weight excluding hydrogens is 333 g/mol. The Labute approximate surface area is 121 Å². The fourth-order valence-corrected chi connectivity index (χ4v) is 2.26. The normalized spacial score (nSPS) is 10.2. The molecule has 0 fully saturated rings. The van der Waals surface area contributed by atoms with Crippen molar-refractivity contribution >= 4 is 69.9 Å². The Morgan fingerprint density at radius 3 is 1.53 bits per heavy atom. The van der Waals surface area contributed by atoms with Crippen LogP contribution in [0.5, 0.6) is 0 Å². The number of halogens is 5. The zero-order chi connectivity index (χ0) is 13.3. The zero-order valence-corrected chi connectivity index (χ0v) is 11.9. The fraction of sp³-hybridized carbons (Fsp3) is 0.111. The largest absolute Gasteiger partial charge is 0.390 e. The number of hydrogen-bond acceptors (Lipinski definition) is 3. The summed E-state index contributed by atoms with van der Waals surface area (Å²) in [7, 11) is 0. The van der Waals surface area contributed by atoms with Crippen molar-refractivity contribution in [3.05, 3.63) is 30.7 Å². The number of esters is 2. The molecule has 0 unspecified atom stereocenters. The standard InChI is InChI=1S/C9H3Cl5O3/c1-2(15)17-9(16)3-4(10)6(12)8(14)7(13)5(3)11/h1H3. The molecule has 0 saturated heterocycles. The van der Waals surface area contributed by atoms with Crippen molar-refractivity contribution in [2.45, 2.75) is 6.92 Å². The minimum atomic E-state index is -1.05. The third-order valence-electron chi connectivity index (χ3n) is 1.65. The van der Waals surface area contributed by atoms with Gasteiger partial charge in [-0.2, -0.15) is 0 Å². The summed E-state index contributed by atoms with van der Waals surface area (Å²) >= 11 is 28.8. The number of benzene rings is 1. The molecule has 1 aromatic carbocycles. The van der Waals surface area contributed by atoms with Crippen LogP contribution in [-0.2, 0) is 9.53 Å². The van der Waals surface area contributed by atoms with Crippen molar-refractivity contribution in [2.24, 2.45) is 0 Å². The number of carbonyl (C=O) groups excluding carboxylic acids is 2. The minimum absolute atomic E-state index is 0.0808. The van der Waals surface area contributed by atoms with Crippen molar-refractivity contribution in [3.8, 4) is 0 Å². The molecule has 8 heteroatoms. The molecule has 3 nitrogen and oxygen atoms in total. The van der Waals surface area contributed by atoms with Crippen molar-refractivity contribution in [1.82, 2.24) is 0 Å². The fourth-order valence-electron chi connectivity index (χ4n) is 0.966. The average Bonchev–Trinajstić information content (AvgIpc) is 2.23. The van der Waals surface area contributed by atoms with Gasteiger partial charge in [-0.05, 0) is 0 Å². The molecule has 0 N–H and O–H groups in total. The van der Waals surface area contributed by atoms with Crippen molar-refractivity contribution < 1.29 is 14.3 Å². The first-order valence-electron chi connectivity index (χ1n) is 4.01. The highest BCUT2D eigenvalue weighted by Crippen LogP contribution is 2.44. The van der Waals surface area contributed by atoms with Crippen LogP contribution in [0.15, 0.2) is 0 Å². The lowest BCUT2D eigenvalue weighted by Crippen LogP contribution is -2.11. The number of ether oxygens (including phenoxy) is 1. The van der Waals surface area contributed by atoms with E-state index in [1.807, 2.05) is 0 Å². The van der Waals surface area contributed by atoms with Crippen LogP contribution in [0.3, 0.4) is 0 Å². The number of rotatable bonds is 1. The van der Waals surface area contributed by atoms with Gasteiger partial charge < -0.3 is 4.74 Å². The summed E-state index contributed by atoms with van der Waals surface area (Å²) in [5.74, 6) is -1.86. The first-order valence-corrected chi connectivity index (χ1v) is 5.90. The smallest absolute Gasteiger partial charge is 0.348 e. The van der Waals surface area contributed by atoms with E-state index in [0.717, 1.165) is 6.92 Å². The van der Waals surface area contributed by atoms with E-state index in [0.29, 0.717) is 0 Å². The summed E-state index contributed by atoms with van der Waals surface area (Å²) in [5.41, 5.74) is -0.303. The second-order valence-electron chi connectivity index (χ2n) is 2.83. The summed E-state index contributed by atoms with van der Waals surface area (Å²) in [6, 6.07) is 0. The molecule has 0 atom stereocenters. The molecule has 0 aliphatic carbocycles. The van der Waals surface area contributed by atoms with Crippen molar-refractivity contribution in [1.29, 1.82) is 0 Å². The van der Waals surface area contributed by atoms with Crippen LogP contribution >= 0.6 is 58.0 Å². The van der Waals surface area contributed by atoms with Gasteiger partial charge in [-0.25, -0.2) is 4.79 Å². The quantitative estimate of drug-likeness (QED) is 0.324. The number of hydrogen-bond donors (Lipinski definition) is 0. The summed E-state index contributed by atoms with van der Waals surface area (Å²) in [4.78, 5) is 22.2. The van der Waals surface area contributed by atoms with E-state index >= 15 is 0 Å². The lowest BCUT2D eigenvalue weighted by molar-refractivity contribution is -0.135. The molecule has 1 aromatic rings. The Balaban J connectivity index is 3.44. The van der Waals surface area contributed by atoms with E-state index in [1.54, 1.807) is 0 Å². The van der Waals surface area contributed by atoms with E-state index in [9.17, 15) is 9.59 Å². The van der Waals surface area contributed by atoms with Crippen LogP contribution in [-0.4, -0.2) is 11.9 Å². The van der Waals surface area contributed by atoms with Crippen LogP contribution in [0.1, 0.15) is 17.3 Å². The van der Waals surface area contributed by atoms with E-state index in [1.165, 1.54) is 0 Å². The highest BCUT2D eigenvalue weighted by Gasteiger charge is 2.25. The molecule has 0 saturated carbocycles. The van der Waals surface area contributed by atoms with Gasteiger partial charge in [0.15, 0.2) is 0 Å². The molecular formula is C9H3Cl5O3. The Morgan fingerprint density at radius 2 is 1.18 bits per heavy atom. The van der Waals surface area contributed by atoms with Gasteiger partial charge in [0.05, 0.1) is 25.1 Å². The average molecular weight is 336 g/mol. The topological polar surface area (TPSA) is 43.4 Å². The van der Waals surface area contributed by atoms with Gasteiger partial charge in [-0.15, -0.1) is 0 Å².